The van der Waals surface area contributed by atoms with Crippen LogP contribution >= 0.6 is 0 Å². The van der Waals surface area contributed by atoms with Crippen molar-refractivity contribution < 1.29 is 14.0 Å². The number of carbonyl (C=O) groups excluding carboxylic acids is 2. The van der Waals surface area contributed by atoms with Crippen LogP contribution in [0, 0.1) is 19.7 Å². The second kappa shape index (κ2) is 6.55. The quantitative estimate of drug-likeness (QED) is 0.685. The Balaban J connectivity index is 1.87. The molecule has 1 fully saturated rings. The minimum Gasteiger partial charge on any atom is -0.349 e. The first kappa shape index (κ1) is 17.0. The number of nitrogens with zero attached hydrogens (tertiary/aromatic N) is 2. The number of benzene rings is 1. The Morgan fingerprint density at radius 3 is 2.56 bits per heavy atom. The molecule has 130 valence electrons. The Bertz CT molecular complexity index is 883. The van der Waals surface area contributed by atoms with Crippen LogP contribution in [0.25, 0.3) is 6.08 Å². The van der Waals surface area contributed by atoms with Crippen molar-refractivity contribution in [2.75, 3.05) is 0 Å². The molecule has 6 heteroatoms. The summed E-state index contributed by atoms with van der Waals surface area (Å²) in [6.07, 6.45) is 1.68. The van der Waals surface area contributed by atoms with E-state index in [-0.39, 0.29) is 12.2 Å². The lowest BCUT2D eigenvalue weighted by molar-refractivity contribution is -0.123. The molecule has 0 aliphatic carbocycles. The maximum Gasteiger partial charge on any atom is 0.329 e. The van der Waals surface area contributed by atoms with E-state index < -0.39 is 17.8 Å². The van der Waals surface area contributed by atoms with Gasteiger partial charge >= 0.3 is 6.03 Å². The number of hydrogen-bond acceptors (Lipinski definition) is 2. The third kappa shape index (κ3) is 3.07. The molecule has 3 rings (SSSR count). The van der Waals surface area contributed by atoms with Crippen molar-refractivity contribution in [2.24, 2.45) is 0 Å². The van der Waals surface area contributed by atoms with Gasteiger partial charge in [-0.25, -0.2) is 9.18 Å². The Labute approximate surface area is 145 Å². The average Bonchev–Trinajstić information content (AvgIpc) is 2.99. The molecule has 0 spiro atoms. The minimum atomic E-state index is -0.538. The van der Waals surface area contributed by atoms with E-state index in [1.807, 2.05) is 19.9 Å². The summed E-state index contributed by atoms with van der Waals surface area (Å²) in [7, 11) is 0. The summed E-state index contributed by atoms with van der Waals surface area (Å²) in [5.74, 6) is -0.887. The smallest absolute Gasteiger partial charge is 0.329 e. The third-order valence-electron chi connectivity index (χ3n) is 4.48. The predicted octanol–water partition coefficient (Wildman–Crippen LogP) is 3.36. The molecule has 1 aromatic heterocycles. The van der Waals surface area contributed by atoms with Gasteiger partial charge in [0, 0.05) is 23.5 Å². The van der Waals surface area contributed by atoms with E-state index >= 15 is 0 Å². The van der Waals surface area contributed by atoms with Crippen LogP contribution in [0.5, 0.6) is 0 Å². The Morgan fingerprint density at radius 2 is 1.92 bits per heavy atom. The highest BCUT2D eigenvalue weighted by Crippen LogP contribution is 2.21. The second-order valence-electron chi connectivity index (χ2n) is 6.04. The Hall–Kier alpha value is -2.89. The fraction of sp³-hybridized carbons (Fsp3) is 0.263. The molecule has 3 amide bonds. The first-order valence-corrected chi connectivity index (χ1v) is 8.17. The molecule has 0 unspecified atom stereocenters. The number of carbonyl (C=O) groups is 2. The number of nitrogens with one attached hydrogen (secondary N) is 1. The summed E-state index contributed by atoms with van der Waals surface area (Å²) in [5.41, 5.74) is 3.51. The van der Waals surface area contributed by atoms with Crippen LogP contribution in [0.15, 0.2) is 36.0 Å². The normalized spacial score (nSPS) is 16.0. The largest absolute Gasteiger partial charge is 0.349 e. The zero-order valence-corrected chi connectivity index (χ0v) is 14.5. The second-order valence-corrected chi connectivity index (χ2v) is 6.04. The lowest BCUT2D eigenvalue weighted by Gasteiger charge is -2.12. The summed E-state index contributed by atoms with van der Waals surface area (Å²) in [6.45, 7) is 6.76. The third-order valence-corrected chi connectivity index (χ3v) is 4.48. The predicted molar refractivity (Wildman–Crippen MR) is 93.0 cm³/mol. The highest BCUT2D eigenvalue weighted by Gasteiger charge is 2.34. The molecule has 1 aliphatic heterocycles. The highest BCUT2D eigenvalue weighted by atomic mass is 19.1. The molecular formula is C19H20FN3O2. The maximum atomic E-state index is 13.8. The van der Waals surface area contributed by atoms with Crippen molar-refractivity contribution in [3.05, 3.63) is 64.4 Å². The van der Waals surface area contributed by atoms with Gasteiger partial charge < -0.3 is 9.88 Å². The fourth-order valence-corrected chi connectivity index (χ4v) is 3.13. The van der Waals surface area contributed by atoms with Gasteiger partial charge in [0.2, 0.25) is 0 Å². The maximum absolute atomic E-state index is 13.8. The van der Waals surface area contributed by atoms with Crippen molar-refractivity contribution in [2.45, 2.75) is 33.9 Å². The highest BCUT2D eigenvalue weighted by molar-refractivity contribution is 6.13. The van der Waals surface area contributed by atoms with Crippen LogP contribution in [0.3, 0.4) is 0 Å². The lowest BCUT2D eigenvalue weighted by atomic mass is 10.2. The van der Waals surface area contributed by atoms with Gasteiger partial charge in [-0.1, -0.05) is 18.2 Å². The molecule has 1 N–H and O–H groups in total. The van der Waals surface area contributed by atoms with Crippen molar-refractivity contribution in [1.29, 1.82) is 0 Å². The number of aromatic nitrogens is 1. The van der Waals surface area contributed by atoms with E-state index in [2.05, 4.69) is 16.8 Å². The Kier molecular flexibility index (Phi) is 4.44. The van der Waals surface area contributed by atoms with E-state index in [0.29, 0.717) is 5.56 Å². The zero-order chi connectivity index (χ0) is 18.1. The van der Waals surface area contributed by atoms with Gasteiger partial charge in [-0.2, -0.15) is 0 Å². The van der Waals surface area contributed by atoms with Crippen LogP contribution in [-0.4, -0.2) is 21.4 Å². The van der Waals surface area contributed by atoms with Crippen molar-refractivity contribution in [1.82, 2.24) is 14.8 Å². The van der Waals surface area contributed by atoms with Crippen LogP contribution in [0.2, 0.25) is 0 Å². The summed E-state index contributed by atoms with van der Waals surface area (Å²) < 4.78 is 15.9. The SMILES string of the molecule is CCn1c(C)cc(C=C2NC(=O)N(Cc3ccccc3F)C2=O)c1C. The van der Waals surface area contributed by atoms with Crippen LogP contribution in [0.4, 0.5) is 9.18 Å². The molecule has 25 heavy (non-hydrogen) atoms. The molecule has 0 bridgehead atoms. The first-order valence-electron chi connectivity index (χ1n) is 8.17. The molecule has 1 aromatic carbocycles. The van der Waals surface area contributed by atoms with Crippen LogP contribution < -0.4 is 5.32 Å². The number of urea groups is 1. The molecule has 1 saturated heterocycles. The molecule has 0 atom stereocenters. The monoisotopic (exact) mass is 341 g/mol. The Morgan fingerprint density at radius 1 is 1.20 bits per heavy atom. The lowest BCUT2D eigenvalue weighted by Crippen LogP contribution is -2.30. The summed E-state index contributed by atoms with van der Waals surface area (Å²) in [4.78, 5) is 25.7. The molecular weight excluding hydrogens is 321 g/mol. The van der Waals surface area contributed by atoms with Gasteiger partial charge in [0.15, 0.2) is 0 Å². The molecule has 2 aromatic rings. The number of aryl methyl sites for hydroxylation is 1. The number of hydrogen-bond donors (Lipinski definition) is 1. The number of imide groups is 1. The van der Waals surface area contributed by atoms with E-state index in [1.54, 1.807) is 24.3 Å². The summed E-state index contributed by atoms with van der Waals surface area (Å²) >= 11 is 0. The molecule has 0 saturated carbocycles. The molecule has 2 heterocycles. The van der Waals surface area contributed by atoms with Gasteiger partial charge in [0.05, 0.1) is 6.54 Å². The summed E-state index contributed by atoms with van der Waals surface area (Å²) in [6, 6.07) is 7.55. The average molecular weight is 341 g/mol. The van der Waals surface area contributed by atoms with Gasteiger partial charge in [0.25, 0.3) is 5.91 Å². The number of amides is 3. The fourth-order valence-electron chi connectivity index (χ4n) is 3.13. The van der Waals surface area contributed by atoms with Gasteiger partial charge in [0.1, 0.15) is 11.5 Å². The van der Waals surface area contributed by atoms with Gasteiger partial charge in [-0.05, 0) is 44.5 Å². The van der Waals surface area contributed by atoms with Crippen molar-refractivity contribution in [3.8, 4) is 0 Å². The van der Waals surface area contributed by atoms with Crippen LogP contribution in [-0.2, 0) is 17.9 Å². The van der Waals surface area contributed by atoms with Crippen molar-refractivity contribution >= 4 is 18.0 Å². The van der Waals surface area contributed by atoms with E-state index in [1.165, 1.54) is 6.07 Å². The van der Waals surface area contributed by atoms with E-state index in [9.17, 15) is 14.0 Å². The van der Waals surface area contributed by atoms with Gasteiger partial charge in [-0.3, -0.25) is 9.69 Å². The molecule has 1 aliphatic rings. The number of rotatable bonds is 4. The first-order chi connectivity index (χ1) is 11.9. The molecule has 5 nitrogen and oxygen atoms in total. The van der Waals surface area contributed by atoms with Gasteiger partial charge in [-0.15, -0.1) is 0 Å². The molecule has 0 radical (unpaired) electrons. The van der Waals surface area contributed by atoms with Crippen molar-refractivity contribution in [3.63, 3.8) is 0 Å². The number of halogens is 1. The van der Waals surface area contributed by atoms with E-state index in [4.69, 9.17) is 0 Å². The minimum absolute atomic E-state index is 0.0946. The van der Waals surface area contributed by atoms with E-state index in [0.717, 1.165) is 28.4 Å². The zero-order valence-electron chi connectivity index (χ0n) is 14.5. The van der Waals surface area contributed by atoms with Crippen LogP contribution in [0.1, 0.15) is 29.4 Å². The topological polar surface area (TPSA) is 54.3 Å². The summed E-state index contributed by atoms with van der Waals surface area (Å²) in [5, 5.41) is 2.58. The standard InChI is InChI=1S/C19H20FN3O2/c1-4-22-12(2)9-15(13(22)3)10-17-18(24)23(19(25)21-17)11-14-7-5-6-8-16(14)20/h5-10H,4,11H2,1-3H3,(H,21,25).